The molecule has 2 heterocycles. The van der Waals surface area contributed by atoms with Gasteiger partial charge in [-0.1, -0.05) is 0 Å². The predicted octanol–water partition coefficient (Wildman–Crippen LogP) is 2.84. The highest BCUT2D eigenvalue weighted by Crippen LogP contribution is 2.27. The third kappa shape index (κ3) is 2.51. The van der Waals surface area contributed by atoms with Crippen LogP contribution in [0.15, 0.2) is 29.0 Å². The van der Waals surface area contributed by atoms with Gasteiger partial charge in [-0.25, -0.2) is 4.98 Å². The Bertz CT molecular complexity index is 527. The number of nitrogens with one attached hydrogen (secondary N) is 2. The Morgan fingerprint density at radius 3 is 2.82 bits per heavy atom. The smallest absolute Gasteiger partial charge is 0.311 e. The highest BCUT2D eigenvalue weighted by Gasteiger charge is 2.15. The maximum Gasteiger partial charge on any atom is 0.311 e. The number of anilines is 3. The molecule has 0 spiro atoms. The van der Waals surface area contributed by atoms with Gasteiger partial charge in [-0.05, 0) is 17.5 Å². The van der Waals surface area contributed by atoms with Crippen molar-refractivity contribution in [3.8, 4) is 0 Å². The molecular formula is C10H10N4O2S. The molecule has 0 aliphatic carbocycles. The van der Waals surface area contributed by atoms with Crippen LogP contribution in [0, 0.1) is 10.1 Å². The second-order valence-corrected chi connectivity index (χ2v) is 3.99. The summed E-state index contributed by atoms with van der Waals surface area (Å²) in [5.74, 6) is 0.813. The molecule has 2 aromatic heterocycles. The molecule has 0 aliphatic heterocycles. The zero-order chi connectivity index (χ0) is 12.3. The van der Waals surface area contributed by atoms with Crippen molar-refractivity contribution in [2.24, 2.45) is 0 Å². The molecule has 17 heavy (non-hydrogen) atoms. The fourth-order valence-corrected chi connectivity index (χ4v) is 1.89. The fraction of sp³-hybridized carbons (Fsp3) is 0.100. The van der Waals surface area contributed by atoms with Gasteiger partial charge in [0.2, 0.25) is 5.82 Å². The molecule has 0 aromatic carbocycles. The highest BCUT2D eigenvalue weighted by atomic mass is 32.1. The quantitative estimate of drug-likeness (QED) is 0.644. The van der Waals surface area contributed by atoms with Gasteiger partial charge in [-0.2, -0.15) is 11.3 Å². The van der Waals surface area contributed by atoms with Gasteiger partial charge >= 0.3 is 5.69 Å². The SMILES string of the molecule is CNc1ccc([N+](=O)[O-])c(Nc2ccsc2)n1. The number of nitrogens with zero attached hydrogens (tertiary/aromatic N) is 2. The largest absolute Gasteiger partial charge is 0.373 e. The number of rotatable bonds is 4. The second kappa shape index (κ2) is 4.79. The number of pyridine rings is 1. The molecule has 2 rings (SSSR count). The number of aromatic nitrogens is 1. The first-order valence-electron chi connectivity index (χ1n) is 4.83. The number of nitro groups is 1. The van der Waals surface area contributed by atoms with Crippen molar-refractivity contribution >= 4 is 34.3 Å². The average Bonchev–Trinajstić information content (AvgIpc) is 2.81. The molecule has 7 heteroatoms. The van der Waals surface area contributed by atoms with Gasteiger partial charge in [-0.3, -0.25) is 10.1 Å². The molecule has 2 aromatic rings. The lowest BCUT2D eigenvalue weighted by molar-refractivity contribution is -0.384. The summed E-state index contributed by atoms with van der Waals surface area (Å²) in [5.41, 5.74) is 0.744. The number of thiophene rings is 1. The van der Waals surface area contributed by atoms with E-state index in [1.54, 1.807) is 13.1 Å². The van der Waals surface area contributed by atoms with Gasteiger partial charge < -0.3 is 10.6 Å². The fourth-order valence-electron chi connectivity index (χ4n) is 1.30. The monoisotopic (exact) mass is 250 g/mol. The van der Waals surface area contributed by atoms with Crippen LogP contribution in [0.3, 0.4) is 0 Å². The third-order valence-corrected chi connectivity index (χ3v) is 2.79. The van der Waals surface area contributed by atoms with Gasteiger partial charge in [0.1, 0.15) is 5.82 Å². The lowest BCUT2D eigenvalue weighted by Crippen LogP contribution is -2.01. The van der Waals surface area contributed by atoms with Crippen molar-refractivity contribution in [3.63, 3.8) is 0 Å². The van der Waals surface area contributed by atoms with Gasteiger partial charge in [0.15, 0.2) is 0 Å². The molecule has 6 nitrogen and oxygen atoms in total. The van der Waals surface area contributed by atoms with Crippen LogP contribution in [0.4, 0.5) is 23.0 Å². The van der Waals surface area contributed by atoms with E-state index in [9.17, 15) is 10.1 Å². The van der Waals surface area contributed by atoms with Crippen LogP contribution >= 0.6 is 11.3 Å². The Balaban J connectivity index is 2.38. The molecule has 0 aliphatic rings. The summed E-state index contributed by atoms with van der Waals surface area (Å²) < 4.78 is 0. The van der Waals surface area contributed by atoms with Crippen LogP contribution < -0.4 is 10.6 Å². The van der Waals surface area contributed by atoms with Crippen molar-refractivity contribution in [2.75, 3.05) is 17.7 Å². The molecule has 0 saturated heterocycles. The first kappa shape index (κ1) is 11.3. The van der Waals surface area contributed by atoms with Crippen LogP contribution in [0.1, 0.15) is 0 Å². The Labute approximate surface area is 101 Å². The summed E-state index contributed by atoms with van der Waals surface area (Å²) in [6, 6.07) is 4.83. The van der Waals surface area contributed by atoms with Crippen LogP contribution in [0.25, 0.3) is 0 Å². The molecule has 0 radical (unpaired) electrons. The lowest BCUT2D eigenvalue weighted by Gasteiger charge is -2.06. The molecule has 88 valence electrons. The summed E-state index contributed by atoms with van der Waals surface area (Å²) in [7, 11) is 1.71. The van der Waals surface area contributed by atoms with Gasteiger partial charge in [0, 0.05) is 18.5 Å². The maximum atomic E-state index is 10.9. The molecular weight excluding hydrogens is 240 g/mol. The molecule has 0 unspecified atom stereocenters. The van der Waals surface area contributed by atoms with E-state index >= 15 is 0 Å². The van der Waals surface area contributed by atoms with Gasteiger partial charge in [-0.15, -0.1) is 0 Å². The minimum absolute atomic E-state index is 0.0461. The van der Waals surface area contributed by atoms with E-state index in [4.69, 9.17) is 0 Å². The Morgan fingerprint density at radius 1 is 1.41 bits per heavy atom. The second-order valence-electron chi connectivity index (χ2n) is 3.21. The highest BCUT2D eigenvalue weighted by molar-refractivity contribution is 7.08. The van der Waals surface area contributed by atoms with Gasteiger partial charge in [0.05, 0.1) is 10.6 Å². The topological polar surface area (TPSA) is 80.1 Å². The number of hydrogen-bond donors (Lipinski definition) is 2. The summed E-state index contributed by atoms with van der Waals surface area (Å²) >= 11 is 1.51. The van der Waals surface area contributed by atoms with Gasteiger partial charge in [0.25, 0.3) is 0 Å². The van der Waals surface area contributed by atoms with E-state index in [-0.39, 0.29) is 11.5 Å². The van der Waals surface area contributed by atoms with E-state index in [0.29, 0.717) is 5.82 Å². The minimum Gasteiger partial charge on any atom is -0.373 e. The van der Waals surface area contributed by atoms with E-state index in [2.05, 4.69) is 15.6 Å². The van der Waals surface area contributed by atoms with Crippen molar-refractivity contribution in [3.05, 3.63) is 39.1 Å². The third-order valence-electron chi connectivity index (χ3n) is 2.11. The summed E-state index contributed by atoms with van der Waals surface area (Å²) in [4.78, 5) is 14.5. The molecule has 0 atom stereocenters. The van der Waals surface area contributed by atoms with E-state index in [1.165, 1.54) is 17.4 Å². The summed E-state index contributed by atoms with van der Waals surface area (Å²) in [6.07, 6.45) is 0. The van der Waals surface area contributed by atoms with Crippen LogP contribution in [0.5, 0.6) is 0 Å². The van der Waals surface area contributed by atoms with Crippen molar-refractivity contribution in [1.29, 1.82) is 0 Å². The summed E-state index contributed by atoms with van der Waals surface area (Å²) in [6.45, 7) is 0. The predicted molar refractivity (Wildman–Crippen MR) is 68.0 cm³/mol. The van der Waals surface area contributed by atoms with E-state index in [1.807, 2.05) is 16.8 Å². The number of hydrogen-bond acceptors (Lipinski definition) is 6. The van der Waals surface area contributed by atoms with Crippen molar-refractivity contribution in [2.45, 2.75) is 0 Å². The normalized spacial score (nSPS) is 9.94. The first-order chi connectivity index (χ1) is 8.20. The molecule has 2 N–H and O–H groups in total. The molecule has 0 fully saturated rings. The Hall–Kier alpha value is -2.15. The van der Waals surface area contributed by atoms with E-state index < -0.39 is 4.92 Å². The van der Waals surface area contributed by atoms with Crippen molar-refractivity contribution < 1.29 is 4.92 Å². The first-order valence-corrected chi connectivity index (χ1v) is 5.77. The maximum absolute atomic E-state index is 10.9. The molecule has 0 amide bonds. The molecule has 0 bridgehead atoms. The molecule has 0 saturated carbocycles. The average molecular weight is 250 g/mol. The Kier molecular flexibility index (Phi) is 3.20. The zero-order valence-electron chi connectivity index (χ0n) is 9.01. The Morgan fingerprint density at radius 2 is 2.24 bits per heavy atom. The standard InChI is InChI=1S/C10H10N4O2S/c1-11-9-3-2-8(14(15)16)10(13-9)12-7-4-5-17-6-7/h2-6H,1H3,(H2,11,12,13). The van der Waals surface area contributed by atoms with Crippen LogP contribution in [-0.4, -0.2) is 17.0 Å². The van der Waals surface area contributed by atoms with Crippen LogP contribution in [0.2, 0.25) is 0 Å². The van der Waals surface area contributed by atoms with Crippen LogP contribution in [-0.2, 0) is 0 Å². The summed E-state index contributed by atoms with van der Waals surface area (Å²) in [5, 5.41) is 20.4. The van der Waals surface area contributed by atoms with E-state index in [0.717, 1.165) is 5.69 Å². The lowest BCUT2D eigenvalue weighted by atomic mass is 10.3. The minimum atomic E-state index is -0.457. The van der Waals surface area contributed by atoms with Crippen molar-refractivity contribution in [1.82, 2.24) is 4.98 Å². The zero-order valence-corrected chi connectivity index (χ0v) is 9.82.